The van der Waals surface area contributed by atoms with Gasteiger partial charge in [-0.25, -0.2) is 0 Å². The van der Waals surface area contributed by atoms with Gasteiger partial charge in [0, 0.05) is 20.7 Å². The highest BCUT2D eigenvalue weighted by Crippen LogP contribution is 2.11. The number of carbonyl (C=O) groups is 1. The SMILES string of the molecule is CN(C)C(=O)c1ccc(NC2CCOC2)nn1. The van der Waals surface area contributed by atoms with Crippen LogP contribution in [0.2, 0.25) is 0 Å². The fourth-order valence-electron chi connectivity index (χ4n) is 1.61. The standard InChI is InChI=1S/C11H16N4O2/c1-15(2)11(16)9-3-4-10(14-13-9)12-8-5-6-17-7-8/h3-4,8H,5-7H2,1-2H3,(H,12,14). The minimum Gasteiger partial charge on any atom is -0.379 e. The van der Waals surface area contributed by atoms with Crippen molar-refractivity contribution in [3.05, 3.63) is 17.8 Å². The molecule has 2 rings (SSSR count). The third-order valence-electron chi connectivity index (χ3n) is 2.57. The molecule has 0 aliphatic carbocycles. The predicted molar refractivity (Wildman–Crippen MR) is 62.9 cm³/mol. The van der Waals surface area contributed by atoms with Gasteiger partial charge in [0.05, 0.1) is 12.6 Å². The first kappa shape index (κ1) is 11.8. The van der Waals surface area contributed by atoms with Gasteiger partial charge < -0.3 is 15.0 Å². The first-order valence-corrected chi connectivity index (χ1v) is 5.56. The molecular formula is C11H16N4O2. The number of anilines is 1. The van der Waals surface area contributed by atoms with E-state index in [1.54, 1.807) is 26.2 Å². The molecule has 1 N–H and O–H groups in total. The molecule has 1 aliphatic rings. The molecule has 0 bridgehead atoms. The van der Waals surface area contributed by atoms with Crippen LogP contribution in [0.3, 0.4) is 0 Å². The van der Waals surface area contributed by atoms with Crippen molar-refractivity contribution in [1.82, 2.24) is 15.1 Å². The van der Waals surface area contributed by atoms with E-state index in [1.165, 1.54) is 4.90 Å². The Morgan fingerprint density at radius 2 is 2.29 bits per heavy atom. The predicted octanol–water partition coefficient (Wildman–Crippen LogP) is 0.379. The molecule has 6 heteroatoms. The summed E-state index contributed by atoms with van der Waals surface area (Å²) in [6, 6.07) is 3.73. The number of amides is 1. The van der Waals surface area contributed by atoms with Crippen LogP contribution in [-0.2, 0) is 4.74 Å². The molecule has 1 aliphatic heterocycles. The van der Waals surface area contributed by atoms with Crippen molar-refractivity contribution in [2.24, 2.45) is 0 Å². The van der Waals surface area contributed by atoms with Crippen molar-refractivity contribution in [1.29, 1.82) is 0 Å². The number of nitrogens with one attached hydrogen (secondary N) is 1. The monoisotopic (exact) mass is 236 g/mol. The van der Waals surface area contributed by atoms with Crippen molar-refractivity contribution in [3.8, 4) is 0 Å². The second-order valence-electron chi connectivity index (χ2n) is 4.21. The number of nitrogens with zero attached hydrogens (tertiary/aromatic N) is 3. The molecule has 1 fully saturated rings. The van der Waals surface area contributed by atoms with Crippen LogP contribution >= 0.6 is 0 Å². The third-order valence-corrected chi connectivity index (χ3v) is 2.57. The lowest BCUT2D eigenvalue weighted by atomic mass is 10.2. The van der Waals surface area contributed by atoms with Crippen LogP contribution in [0.4, 0.5) is 5.82 Å². The minimum atomic E-state index is -0.145. The summed E-state index contributed by atoms with van der Waals surface area (Å²) in [6.07, 6.45) is 0.972. The van der Waals surface area contributed by atoms with Crippen molar-refractivity contribution in [2.45, 2.75) is 12.5 Å². The van der Waals surface area contributed by atoms with E-state index in [0.29, 0.717) is 24.2 Å². The van der Waals surface area contributed by atoms with Crippen LogP contribution < -0.4 is 5.32 Å². The van der Waals surface area contributed by atoms with Crippen LogP contribution in [-0.4, -0.2) is 54.4 Å². The van der Waals surface area contributed by atoms with E-state index >= 15 is 0 Å². The van der Waals surface area contributed by atoms with Crippen LogP contribution in [0.1, 0.15) is 16.9 Å². The lowest BCUT2D eigenvalue weighted by molar-refractivity contribution is 0.0821. The highest BCUT2D eigenvalue weighted by atomic mass is 16.5. The average Bonchev–Trinajstić information content (AvgIpc) is 2.82. The van der Waals surface area contributed by atoms with Crippen LogP contribution in [0.5, 0.6) is 0 Å². The van der Waals surface area contributed by atoms with Gasteiger partial charge >= 0.3 is 0 Å². The Labute approximate surface area is 100.0 Å². The molecule has 1 atom stereocenters. The minimum absolute atomic E-state index is 0.145. The molecule has 0 spiro atoms. The topological polar surface area (TPSA) is 67.4 Å². The summed E-state index contributed by atoms with van der Waals surface area (Å²) in [6.45, 7) is 1.47. The van der Waals surface area contributed by atoms with Gasteiger partial charge in [-0.1, -0.05) is 0 Å². The molecule has 1 saturated heterocycles. The van der Waals surface area contributed by atoms with E-state index in [1.807, 2.05) is 0 Å². The van der Waals surface area contributed by atoms with Crippen LogP contribution in [0, 0.1) is 0 Å². The fraction of sp³-hybridized carbons (Fsp3) is 0.545. The van der Waals surface area contributed by atoms with E-state index in [2.05, 4.69) is 15.5 Å². The lowest BCUT2D eigenvalue weighted by Gasteiger charge is -2.12. The average molecular weight is 236 g/mol. The van der Waals surface area contributed by atoms with Gasteiger partial charge in [0.2, 0.25) is 0 Å². The highest BCUT2D eigenvalue weighted by molar-refractivity contribution is 5.91. The summed E-state index contributed by atoms with van der Waals surface area (Å²) in [7, 11) is 3.37. The summed E-state index contributed by atoms with van der Waals surface area (Å²) in [5, 5.41) is 11.1. The molecular weight excluding hydrogens is 220 g/mol. The zero-order chi connectivity index (χ0) is 12.3. The number of aromatic nitrogens is 2. The van der Waals surface area contributed by atoms with Gasteiger partial charge in [0.15, 0.2) is 5.69 Å². The van der Waals surface area contributed by atoms with E-state index in [4.69, 9.17) is 4.74 Å². The molecule has 0 aromatic carbocycles. The molecule has 92 valence electrons. The molecule has 2 heterocycles. The largest absolute Gasteiger partial charge is 0.379 e. The summed E-state index contributed by atoms with van der Waals surface area (Å²) < 4.78 is 5.25. The Bertz CT molecular complexity index is 385. The second-order valence-corrected chi connectivity index (χ2v) is 4.21. The Balaban J connectivity index is 1.99. The number of ether oxygens (including phenoxy) is 1. The molecule has 0 radical (unpaired) electrons. The second kappa shape index (κ2) is 5.09. The number of carbonyl (C=O) groups excluding carboxylic acids is 1. The molecule has 1 aromatic rings. The van der Waals surface area contributed by atoms with Crippen LogP contribution in [0.25, 0.3) is 0 Å². The van der Waals surface area contributed by atoms with Gasteiger partial charge in [-0.2, -0.15) is 0 Å². The number of hydrogen-bond donors (Lipinski definition) is 1. The summed E-state index contributed by atoms with van der Waals surface area (Å²) >= 11 is 0. The van der Waals surface area contributed by atoms with Crippen molar-refractivity contribution >= 4 is 11.7 Å². The Kier molecular flexibility index (Phi) is 3.53. The third kappa shape index (κ3) is 2.91. The maximum absolute atomic E-state index is 11.6. The van der Waals surface area contributed by atoms with Gasteiger partial charge in [0.25, 0.3) is 5.91 Å². The summed E-state index contributed by atoms with van der Waals surface area (Å²) in [5.41, 5.74) is 0.350. The zero-order valence-corrected chi connectivity index (χ0v) is 10.0. The lowest BCUT2D eigenvalue weighted by Crippen LogP contribution is -2.24. The van der Waals surface area contributed by atoms with Gasteiger partial charge in [-0.15, -0.1) is 10.2 Å². The maximum atomic E-state index is 11.6. The van der Waals surface area contributed by atoms with E-state index in [0.717, 1.165) is 13.0 Å². The smallest absolute Gasteiger partial charge is 0.273 e. The summed E-state index contributed by atoms with van der Waals surface area (Å²) in [5.74, 6) is 0.532. The Hall–Kier alpha value is -1.69. The molecule has 1 unspecified atom stereocenters. The highest BCUT2D eigenvalue weighted by Gasteiger charge is 2.16. The molecule has 1 aromatic heterocycles. The van der Waals surface area contributed by atoms with E-state index < -0.39 is 0 Å². The molecule has 0 saturated carbocycles. The van der Waals surface area contributed by atoms with Gasteiger partial charge in [0.1, 0.15) is 5.82 Å². The first-order valence-electron chi connectivity index (χ1n) is 5.56. The van der Waals surface area contributed by atoms with E-state index in [-0.39, 0.29) is 5.91 Å². The number of rotatable bonds is 3. The van der Waals surface area contributed by atoms with Crippen molar-refractivity contribution in [2.75, 3.05) is 32.6 Å². The maximum Gasteiger partial charge on any atom is 0.273 e. The molecule has 6 nitrogen and oxygen atoms in total. The Morgan fingerprint density at radius 1 is 1.47 bits per heavy atom. The first-order chi connectivity index (χ1) is 8.16. The van der Waals surface area contributed by atoms with Gasteiger partial charge in [-0.05, 0) is 18.6 Å². The fourth-order valence-corrected chi connectivity index (χ4v) is 1.61. The van der Waals surface area contributed by atoms with Crippen LogP contribution in [0.15, 0.2) is 12.1 Å². The quantitative estimate of drug-likeness (QED) is 0.821. The molecule has 17 heavy (non-hydrogen) atoms. The zero-order valence-electron chi connectivity index (χ0n) is 10.0. The number of hydrogen-bond acceptors (Lipinski definition) is 5. The normalized spacial score (nSPS) is 19.1. The van der Waals surface area contributed by atoms with Crippen molar-refractivity contribution < 1.29 is 9.53 Å². The Morgan fingerprint density at radius 3 is 2.82 bits per heavy atom. The van der Waals surface area contributed by atoms with Gasteiger partial charge in [-0.3, -0.25) is 4.79 Å². The molecule has 1 amide bonds. The van der Waals surface area contributed by atoms with E-state index in [9.17, 15) is 4.79 Å². The summed E-state index contributed by atoms with van der Waals surface area (Å²) in [4.78, 5) is 13.1. The van der Waals surface area contributed by atoms with Crippen molar-refractivity contribution in [3.63, 3.8) is 0 Å².